The van der Waals surface area contributed by atoms with Gasteiger partial charge in [0.1, 0.15) is 0 Å². The molecule has 1 nitrogen and oxygen atoms in total. The minimum atomic E-state index is 0.938. The zero-order valence-electron chi connectivity index (χ0n) is 7.66. The molecule has 1 aliphatic heterocycles. The van der Waals surface area contributed by atoms with Gasteiger partial charge in [-0.05, 0) is 43.3 Å². The molecule has 0 bridgehead atoms. The molecule has 0 aliphatic carbocycles. The van der Waals surface area contributed by atoms with Gasteiger partial charge in [-0.15, -0.1) is 23.1 Å². The lowest BCUT2D eigenvalue weighted by Gasteiger charge is -2.21. The lowest BCUT2D eigenvalue weighted by Crippen LogP contribution is -2.28. The SMILES string of the molecule is c1csc(SCC2CCNCC2)c1. The van der Waals surface area contributed by atoms with Gasteiger partial charge in [0.05, 0.1) is 4.21 Å². The van der Waals surface area contributed by atoms with Crippen LogP contribution in [0.3, 0.4) is 0 Å². The first kappa shape index (κ1) is 9.56. The fourth-order valence-corrected chi connectivity index (χ4v) is 3.59. The van der Waals surface area contributed by atoms with Gasteiger partial charge in [0, 0.05) is 5.75 Å². The molecule has 1 aromatic rings. The minimum Gasteiger partial charge on any atom is -0.317 e. The van der Waals surface area contributed by atoms with E-state index in [9.17, 15) is 0 Å². The fourth-order valence-electron chi connectivity index (χ4n) is 1.59. The van der Waals surface area contributed by atoms with Gasteiger partial charge in [-0.2, -0.15) is 0 Å². The average Bonchev–Trinajstić information content (AvgIpc) is 2.69. The van der Waals surface area contributed by atoms with Gasteiger partial charge in [0.25, 0.3) is 0 Å². The highest BCUT2D eigenvalue weighted by atomic mass is 32.2. The number of piperidine rings is 1. The molecule has 72 valence electrons. The van der Waals surface area contributed by atoms with Crippen molar-refractivity contribution in [1.82, 2.24) is 5.32 Å². The molecule has 3 heteroatoms. The maximum absolute atomic E-state index is 3.40. The number of nitrogens with one attached hydrogen (secondary N) is 1. The minimum absolute atomic E-state index is 0.938. The third kappa shape index (κ3) is 3.01. The van der Waals surface area contributed by atoms with E-state index < -0.39 is 0 Å². The molecule has 1 saturated heterocycles. The number of hydrogen-bond acceptors (Lipinski definition) is 3. The maximum atomic E-state index is 3.40. The maximum Gasteiger partial charge on any atom is 0.0598 e. The van der Waals surface area contributed by atoms with Gasteiger partial charge >= 0.3 is 0 Å². The highest BCUT2D eigenvalue weighted by Gasteiger charge is 2.12. The van der Waals surface area contributed by atoms with Crippen LogP contribution in [0.5, 0.6) is 0 Å². The topological polar surface area (TPSA) is 12.0 Å². The van der Waals surface area contributed by atoms with E-state index in [-0.39, 0.29) is 0 Å². The van der Waals surface area contributed by atoms with Gasteiger partial charge in [-0.3, -0.25) is 0 Å². The summed E-state index contributed by atoms with van der Waals surface area (Å²) < 4.78 is 1.47. The van der Waals surface area contributed by atoms with Gasteiger partial charge in [-0.25, -0.2) is 0 Å². The molecule has 13 heavy (non-hydrogen) atoms. The van der Waals surface area contributed by atoms with Gasteiger partial charge in [0.2, 0.25) is 0 Å². The summed E-state index contributed by atoms with van der Waals surface area (Å²) in [6.45, 7) is 2.44. The van der Waals surface area contributed by atoms with E-state index in [2.05, 4.69) is 22.8 Å². The lowest BCUT2D eigenvalue weighted by atomic mass is 10.0. The molecule has 1 aliphatic rings. The van der Waals surface area contributed by atoms with Crippen LogP contribution in [0.25, 0.3) is 0 Å². The Hall–Kier alpha value is 0.01000. The lowest BCUT2D eigenvalue weighted by molar-refractivity contribution is 0.408. The van der Waals surface area contributed by atoms with E-state index in [4.69, 9.17) is 0 Å². The number of rotatable bonds is 3. The van der Waals surface area contributed by atoms with E-state index in [0.29, 0.717) is 0 Å². The summed E-state index contributed by atoms with van der Waals surface area (Å²) >= 11 is 3.88. The predicted octanol–water partition coefficient (Wildman–Crippen LogP) is 2.84. The molecular weight excluding hydrogens is 198 g/mol. The molecule has 2 rings (SSSR count). The third-order valence-electron chi connectivity index (χ3n) is 2.42. The van der Waals surface area contributed by atoms with Crippen molar-refractivity contribution in [3.8, 4) is 0 Å². The summed E-state index contributed by atoms with van der Waals surface area (Å²) in [4.78, 5) is 0. The normalized spacial score (nSPS) is 19.1. The van der Waals surface area contributed by atoms with Crippen LogP contribution in [-0.4, -0.2) is 18.8 Å². The first-order valence-corrected chi connectivity index (χ1v) is 6.69. The van der Waals surface area contributed by atoms with Crippen molar-refractivity contribution in [2.45, 2.75) is 17.1 Å². The molecule has 1 aromatic heterocycles. The van der Waals surface area contributed by atoms with Crippen LogP contribution in [0.15, 0.2) is 21.7 Å². The van der Waals surface area contributed by atoms with Gasteiger partial charge in [0.15, 0.2) is 0 Å². The first-order valence-electron chi connectivity index (χ1n) is 4.82. The molecule has 1 fully saturated rings. The van der Waals surface area contributed by atoms with Crippen molar-refractivity contribution in [1.29, 1.82) is 0 Å². The largest absolute Gasteiger partial charge is 0.317 e. The van der Waals surface area contributed by atoms with E-state index in [0.717, 1.165) is 5.92 Å². The standard InChI is InChI=1S/C10H15NS2/c1-2-10(12-7-1)13-8-9-3-5-11-6-4-9/h1-2,7,9,11H,3-6,8H2. The van der Waals surface area contributed by atoms with Crippen molar-refractivity contribution in [2.24, 2.45) is 5.92 Å². The van der Waals surface area contributed by atoms with Crippen LogP contribution in [0, 0.1) is 5.92 Å². The van der Waals surface area contributed by atoms with Crippen LogP contribution in [0.1, 0.15) is 12.8 Å². The Labute approximate surface area is 87.9 Å². The Kier molecular flexibility index (Phi) is 3.70. The highest BCUT2D eigenvalue weighted by molar-refractivity contribution is 8.01. The molecule has 0 spiro atoms. The summed E-state index contributed by atoms with van der Waals surface area (Å²) in [6, 6.07) is 4.35. The molecule has 1 N–H and O–H groups in total. The van der Waals surface area contributed by atoms with E-state index >= 15 is 0 Å². The summed E-state index contributed by atoms with van der Waals surface area (Å²) in [5.41, 5.74) is 0. The van der Waals surface area contributed by atoms with Crippen LogP contribution in [-0.2, 0) is 0 Å². The predicted molar refractivity (Wildman–Crippen MR) is 60.6 cm³/mol. The zero-order chi connectivity index (χ0) is 8.93. The second kappa shape index (κ2) is 5.03. The van der Waals surface area contributed by atoms with Gasteiger partial charge in [-0.1, -0.05) is 6.07 Å². The Balaban J connectivity index is 1.72. The van der Waals surface area contributed by atoms with Crippen LogP contribution in [0.2, 0.25) is 0 Å². The molecule has 0 amide bonds. The molecular formula is C10H15NS2. The second-order valence-corrected chi connectivity index (χ2v) is 5.70. The van der Waals surface area contributed by atoms with Crippen LogP contribution < -0.4 is 5.32 Å². The van der Waals surface area contributed by atoms with E-state index in [1.165, 1.54) is 35.9 Å². The average molecular weight is 213 g/mol. The molecule has 2 heterocycles. The second-order valence-electron chi connectivity index (χ2n) is 3.44. The van der Waals surface area contributed by atoms with Gasteiger partial charge < -0.3 is 5.32 Å². The highest BCUT2D eigenvalue weighted by Crippen LogP contribution is 2.27. The monoisotopic (exact) mass is 213 g/mol. The van der Waals surface area contributed by atoms with Crippen LogP contribution >= 0.6 is 23.1 Å². The van der Waals surface area contributed by atoms with Crippen molar-refractivity contribution >= 4 is 23.1 Å². The Bertz CT molecular complexity index is 227. The van der Waals surface area contributed by atoms with Crippen LogP contribution in [0.4, 0.5) is 0 Å². The molecule has 0 radical (unpaired) electrons. The fraction of sp³-hybridized carbons (Fsp3) is 0.600. The summed E-state index contributed by atoms with van der Waals surface area (Å²) in [6.07, 6.45) is 2.72. The third-order valence-corrected chi connectivity index (χ3v) is 4.78. The van der Waals surface area contributed by atoms with Crippen molar-refractivity contribution in [3.05, 3.63) is 17.5 Å². The zero-order valence-corrected chi connectivity index (χ0v) is 9.29. The quantitative estimate of drug-likeness (QED) is 0.775. The summed E-state index contributed by atoms with van der Waals surface area (Å²) in [5.74, 6) is 2.25. The van der Waals surface area contributed by atoms with E-state index in [1.807, 2.05) is 23.1 Å². The molecule has 0 unspecified atom stereocenters. The Morgan fingerprint density at radius 3 is 3.00 bits per heavy atom. The van der Waals surface area contributed by atoms with Crippen molar-refractivity contribution in [3.63, 3.8) is 0 Å². The Morgan fingerprint density at radius 1 is 1.46 bits per heavy atom. The number of hydrogen-bond donors (Lipinski definition) is 1. The number of thiophene rings is 1. The Morgan fingerprint density at radius 2 is 2.31 bits per heavy atom. The summed E-state index contributed by atoms with van der Waals surface area (Å²) in [5, 5.41) is 5.56. The smallest absolute Gasteiger partial charge is 0.0598 e. The van der Waals surface area contributed by atoms with Crippen molar-refractivity contribution in [2.75, 3.05) is 18.8 Å². The van der Waals surface area contributed by atoms with E-state index in [1.54, 1.807) is 0 Å². The van der Waals surface area contributed by atoms with Crippen molar-refractivity contribution < 1.29 is 0 Å². The molecule has 0 atom stereocenters. The first-order chi connectivity index (χ1) is 6.45. The molecule has 0 aromatic carbocycles. The summed E-state index contributed by atoms with van der Waals surface area (Å²) in [7, 11) is 0. The molecule has 0 saturated carbocycles. The number of thioether (sulfide) groups is 1.